The lowest BCUT2D eigenvalue weighted by atomic mass is 9.60. The number of rotatable bonds is 1. The zero-order chi connectivity index (χ0) is 13.8. The lowest BCUT2D eigenvalue weighted by Gasteiger charge is -2.49. The van der Waals surface area contributed by atoms with E-state index in [1.807, 2.05) is 0 Å². The van der Waals surface area contributed by atoms with Crippen molar-refractivity contribution in [3.05, 3.63) is 0 Å². The summed E-state index contributed by atoms with van der Waals surface area (Å²) in [6.45, 7) is 13.6. The Hall–Kier alpha value is -0.0800. The molecule has 0 amide bonds. The molecule has 2 N–H and O–H groups in total. The number of nitrogens with two attached hydrogens (primary N) is 1. The van der Waals surface area contributed by atoms with Crippen LogP contribution in [0.25, 0.3) is 0 Å². The second kappa shape index (κ2) is 3.96. The SMILES string of the molecule is CC1(C)CCCC(N)(C2CC(C)(C)OC2(C)C)C1. The normalized spacial score (nSPS) is 41.8. The molecule has 2 fully saturated rings. The third-order valence-corrected chi connectivity index (χ3v) is 5.07. The molecule has 1 aliphatic heterocycles. The average molecular weight is 253 g/mol. The molecular formula is C16H31NO. The van der Waals surface area contributed by atoms with Crippen molar-refractivity contribution in [1.82, 2.24) is 0 Å². The van der Waals surface area contributed by atoms with Crippen LogP contribution >= 0.6 is 0 Å². The predicted molar refractivity (Wildman–Crippen MR) is 76.5 cm³/mol. The highest BCUT2D eigenvalue weighted by Crippen LogP contribution is 2.53. The van der Waals surface area contributed by atoms with Crippen molar-refractivity contribution in [2.75, 3.05) is 0 Å². The fraction of sp³-hybridized carbons (Fsp3) is 1.00. The summed E-state index contributed by atoms with van der Waals surface area (Å²) in [5.41, 5.74) is 7.08. The molecule has 2 nitrogen and oxygen atoms in total. The molecule has 1 saturated heterocycles. The molecule has 0 aromatic heterocycles. The van der Waals surface area contributed by atoms with E-state index in [2.05, 4.69) is 41.5 Å². The first-order chi connectivity index (χ1) is 7.96. The highest BCUT2D eigenvalue weighted by molar-refractivity contribution is 5.08. The summed E-state index contributed by atoms with van der Waals surface area (Å²) in [4.78, 5) is 0. The summed E-state index contributed by atoms with van der Waals surface area (Å²) in [5, 5.41) is 0. The molecule has 106 valence electrons. The Labute approximate surface area is 113 Å². The molecule has 1 saturated carbocycles. The molecular weight excluding hydrogens is 222 g/mol. The van der Waals surface area contributed by atoms with Gasteiger partial charge in [0, 0.05) is 11.5 Å². The van der Waals surface area contributed by atoms with Crippen molar-refractivity contribution in [1.29, 1.82) is 0 Å². The largest absolute Gasteiger partial charge is 0.369 e. The van der Waals surface area contributed by atoms with Gasteiger partial charge in [-0.05, 0) is 58.8 Å². The van der Waals surface area contributed by atoms with Gasteiger partial charge < -0.3 is 10.5 Å². The summed E-state index contributed by atoms with van der Waals surface area (Å²) in [5.74, 6) is 0.472. The minimum atomic E-state index is -0.0916. The third-order valence-electron chi connectivity index (χ3n) is 5.07. The molecule has 2 heteroatoms. The van der Waals surface area contributed by atoms with E-state index in [-0.39, 0.29) is 16.7 Å². The standard InChI is InChI=1S/C16H31NO/c1-13(2)8-7-9-16(17,11-13)12-10-14(3,4)18-15(12,5)6/h12H,7-11,17H2,1-6H3. The van der Waals surface area contributed by atoms with Gasteiger partial charge in [-0.3, -0.25) is 0 Å². The van der Waals surface area contributed by atoms with Gasteiger partial charge in [-0.25, -0.2) is 0 Å². The monoisotopic (exact) mass is 253 g/mol. The maximum absolute atomic E-state index is 6.86. The van der Waals surface area contributed by atoms with Gasteiger partial charge in [0.2, 0.25) is 0 Å². The van der Waals surface area contributed by atoms with Gasteiger partial charge in [-0.15, -0.1) is 0 Å². The van der Waals surface area contributed by atoms with E-state index in [9.17, 15) is 0 Å². The summed E-state index contributed by atoms with van der Waals surface area (Å²) >= 11 is 0. The van der Waals surface area contributed by atoms with Gasteiger partial charge in [0.25, 0.3) is 0 Å². The van der Waals surface area contributed by atoms with Crippen LogP contribution in [-0.4, -0.2) is 16.7 Å². The van der Waals surface area contributed by atoms with E-state index in [0.29, 0.717) is 11.3 Å². The van der Waals surface area contributed by atoms with Crippen LogP contribution in [0.4, 0.5) is 0 Å². The lowest BCUT2D eigenvalue weighted by molar-refractivity contribution is -0.0868. The Balaban J connectivity index is 2.25. The first-order valence-electron chi connectivity index (χ1n) is 7.45. The quantitative estimate of drug-likeness (QED) is 0.769. The van der Waals surface area contributed by atoms with E-state index in [1.54, 1.807) is 0 Å². The number of hydrogen-bond donors (Lipinski definition) is 1. The molecule has 2 unspecified atom stereocenters. The van der Waals surface area contributed by atoms with Gasteiger partial charge in [0.15, 0.2) is 0 Å². The van der Waals surface area contributed by atoms with Crippen LogP contribution in [0.15, 0.2) is 0 Å². The zero-order valence-corrected chi connectivity index (χ0v) is 13.1. The summed E-state index contributed by atoms with van der Waals surface area (Å²) < 4.78 is 6.26. The Morgan fingerprint density at radius 1 is 1.00 bits per heavy atom. The minimum Gasteiger partial charge on any atom is -0.369 e. The van der Waals surface area contributed by atoms with Gasteiger partial charge >= 0.3 is 0 Å². The summed E-state index contributed by atoms with van der Waals surface area (Å²) in [6, 6.07) is 0. The van der Waals surface area contributed by atoms with Crippen LogP contribution in [-0.2, 0) is 4.74 Å². The average Bonchev–Trinajstić information content (AvgIpc) is 2.32. The fourth-order valence-corrected chi connectivity index (χ4v) is 4.72. The molecule has 0 bridgehead atoms. The maximum atomic E-state index is 6.86. The highest BCUT2D eigenvalue weighted by atomic mass is 16.5. The second-order valence-corrected chi connectivity index (χ2v) is 8.65. The van der Waals surface area contributed by atoms with Gasteiger partial charge in [0.1, 0.15) is 0 Å². The smallest absolute Gasteiger partial charge is 0.0680 e. The van der Waals surface area contributed by atoms with Crippen LogP contribution in [0.1, 0.15) is 73.6 Å². The van der Waals surface area contributed by atoms with Crippen molar-refractivity contribution in [2.24, 2.45) is 17.1 Å². The Bertz CT molecular complexity index is 332. The third kappa shape index (κ3) is 2.60. The topological polar surface area (TPSA) is 35.2 Å². The Morgan fingerprint density at radius 3 is 2.06 bits per heavy atom. The van der Waals surface area contributed by atoms with E-state index in [1.165, 1.54) is 12.8 Å². The molecule has 2 atom stereocenters. The summed E-state index contributed by atoms with van der Waals surface area (Å²) in [6.07, 6.45) is 5.95. The van der Waals surface area contributed by atoms with Gasteiger partial charge in [-0.1, -0.05) is 20.3 Å². The molecule has 0 aromatic carbocycles. The molecule has 0 radical (unpaired) electrons. The maximum Gasteiger partial charge on any atom is 0.0680 e. The van der Waals surface area contributed by atoms with Crippen LogP contribution in [0.2, 0.25) is 0 Å². The molecule has 0 aromatic rings. The van der Waals surface area contributed by atoms with E-state index >= 15 is 0 Å². The summed E-state index contributed by atoms with van der Waals surface area (Å²) in [7, 11) is 0. The van der Waals surface area contributed by atoms with Crippen molar-refractivity contribution < 1.29 is 4.74 Å². The number of ether oxygens (including phenoxy) is 1. The van der Waals surface area contributed by atoms with E-state index in [0.717, 1.165) is 19.3 Å². The predicted octanol–water partition coefficient (Wildman–Crippen LogP) is 3.88. The molecule has 2 rings (SSSR count). The van der Waals surface area contributed by atoms with Crippen molar-refractivity contribution >= 4 is 0 Å². The second-order valence-electron chi connectivity index (χ2n) is 8.65. The van der Waals surface area contributed by atoms with Crippen LogP contribution in [0.3, 0.4) is 0 Å². The number of hydrogen-bond acceptors (Lipinski definition) is 2. The molecule has 1 heterocycles. The highest BCUT2D eigenvalue weighted by Gasteiger charge is 2.55. The van der Waals surface area contributed by atoms with Crippen LogP contribution in [0, 0.1) is 11.3 Å². The van der Waals surface area contributed by atoms with Gasteiger partial charge in [0.05, 0.1) is 11.2 Å². The Kier molecular flexibility index (Phi) is 3.15. The van der Waals surface area contributed by atoms with Crippen molar-refractivity contribution in [3.8, 4) is 0 Å². The molecule has 1 aliphatic carbocycles. The van der Waals surface area contributed by atoms with Crippen molar-refractivity contribution in [3.63, 3.8) is 0 Å². The van der Waals surface area contributed by atoms with Gasteiger partial charge in [-0.2, -0.15) is 0 Å². The van der Waals surface area contributed by atoms with E-state index < -0.39 is 0 Å². The van der Waals surface area contributed by atoms with Crippen molar-refractivity contribution in [2.45, 2.75) is 90.4 Å². The molecule has 2 aliphatic rings. The first kappa shape index (κ1) is 14.3. The fourth-order valence-electron chi connectivity index (χ4n) is 4.72. The lowest BCUT2D eigenvalue weighted by Crippen LogP contribution is -2.57. The molecule has 18 heavy (non-hydrogen) atoms. The van der Waals surface area contributed by atoms with E-state index in [4.69, 9.17) is 10.5 Å². The zero-order valence-electron chi connectivity index (χ0n) is 13.1. The van der Waals surface area contributed by atoms with Crippen LogP contribution < -0.4 is 5.73 Å². The first-order valence-corrected chi connectivity index (χ1v) is 7.45. The van der Waals surface area contributed by atoms with Crippen LogP contribution in [0.5, 0.6) is 0 Å². The molecule has 0 spiro atoms. The minimum absolute atomic E-state index is 0.0257. The Morgan fingerprint density at radius 2 is 1.61 bits per heavy atom.